The van der Waals surface area contributed by atoms with E-state index in [0.717, 1.165) is 0 Å². The molecule has 33 heavy (non-hydrogen) atoms. The monoisotopic (exact) mass is 458 g/mol. The first-order chi connectivity index (χ1) is 15.8. The van der Waals surface area contributed by atoms with E-state index in [1.165, 1.54) is 26.2 Å². The minimum absolute atomic E-state index is 0.279. The number of anilines is 1. The van der Waals surface area contributed by atoms with Crippen LogP contribution in [0.4, 0.5) is 10.5 Å². The number of methoxy groups -OCH3 is 3. The van der Waals surface area contributed by atoms with Crippen LogP contribution in [0.1, 0.15) is 37.7 Å². The number of hydrogen-bond acceptors (Lipinski definition) is 8. The van der Waals surface area contributed by atoms with E-state index < -0.39 is 46.5 Å². The number of aliphatic hydroxyl groups is 1. The van der Waals surface area contributed by atoms with Crippen molar-refractivity contribution in [2.45, 2.75) is 54.7 Å². The number of hydrogen-bond donors (Lipinski definition) is 1. The third-order valence-corrected chi connectivity index (χ3v) is 8.87. The first-order valence-electron chi connectivity index (χ1n) is 11.4. The molecule has 4 aliphatic heterocycles. The van der Waals surface area contributed by atoms with Crippen LogP contribution in [0.2, 0.25) is 0 Å². The summed E-state index contributed by atoms with van der Waals surface area (Å²) in [6.45, 7) is 1.22. The molecule has 1 N–H and O–H groups in total. The van der Waals surface area contributed by atoms with Crippen LogP contribution in [0.25, 0.3) is 0 Å². The van der Waals surface area contributed by atoms with Gasteiger partial charge in [0.05, 0.1) is 44.6 Å². The van der Waals surface area contributed by atoms with E-state index in [1.54, 1.807) is 12.1 Å². The van der Waals surface area contributed by atoms with E-state index in [4.69, 9.17) is 14.2 Å². The summed E-state index contributed by atoms with van der Waals surface area (Å²) in [6, 6.07) is 7.25. The van der Waals surface area contributed by atoms with Gasteiger partial charge < -0.3 is 19.3 Å². The fraction of sp³-hybridized carbons (Fsp3) is 0.625. The number of nitrogens with zero attached hydrogens (tertiary/aromatic N) is 2. The standard InChI is InChI=1S/C24H30N2O7/c1-31-19(28)16-14-22-9-10-24(16)23(20(29)32-2,11-13-25(22)12-8-18(22)27)15-6-4-5-7-17(15)26(24)21(30)33-3/h4-7,16,18,27H,8-14H2,1-3H3/t16-,18+,22+,23+,24+/m0/s1. The molecule has 1 aromatic rings. The van der Waals surface area contributed by atoms with Gasteiger partial charge in [0.2, 0.25) is 0 Å². The molecule has 1 aromatic carbocycles. The van der Waals surface area contributed by atoms with Crippen molar-refractivity contribution in [1.29, 1.82) is 0 Å². The zero-order valence-corrected chi connectivity index (χ0v) is 19.2. The highest BCUT2D eigenvalue weighted by molar-refractivity contribution is 6.03. The molecule has 2 spiro atoms. The third-order valence-electron chi connectivity index (χ3n) is 8.87. The van der Waals surface area contributed by atoms with E-state index in [-0.39, 0.29) is 6.42 Å². The summed E-state index contributed by atoms with van der Waals surface area (Å²) >= 11 is 0. The van der Waals surface area contributed by atoms with Crippen molar-refractivity contribution in [3.8, 4) is 0 Å². The molecule has 9 nitrogen and oxygen atoms in total. The smallest absolute Gasteiger partial charge is 0.414 e. The fourth-order valence-electron chi connectivity index (χ4n) is 7.55. The van der Waals surface area contributed by atoms with Crippen LogP contribution in [0.3, 0.4) is 0 Å². The lowest BCUT2D eigenvalue weighted by molar-refractivity contribution is -0.168. The number of aliphatic hydroxyl groups excluding tert-OH is 1. The highest BCUT2D eigenvalue weighted by atomic mass is 16.5. The van der Waals surface area contributed by atoms with Gasteiger partial charge in [0.25, 0.3) is 0 Å². The Bertz CT molecular complexity index is 1010. The maximum absolute atomic E-state index is 13.8. The summed E-state index contributed by atoms with van der Waals surface area (Å²) in [6.07, 6.45) is 0.836. The molecule has 5 atom stereocenters. The van der Waals surface area contributed by atoms with Gasteiger partial charge in [0, 0.05) is 18.6 Å². The number of amides is 1. The van der Waals surface area contributed by atoms with Gasteiger partial charge in [-0.1, -0.05) is 18.2 Å². The first-order valence-corrected chi connectivity index (χ1v) is 11.4. The molecule has 178 valence electrons. The van der Waals surface area contributed by atoms with Gasteiger partial charge in [-0.3, -0.25) is 19.4 Å². The van der Waals surface area contributed by atoms with E-state index in [0.29, 0.717) is 50.0 Å². The van der Waals surface area contributed by atoms with Crippen molar-refractivity contribution in [2.75, 3.05) is 39.3 Å². The number of para-hydroxylation sites is 1. The van der Waals surface area contributed by atoms with Crippen LogP contribution >= 0.6 is 0 Å². The second kappa shape index (κ2) is 7.43. The van der Waals surface area contributed by atoms with Crippen molar-refractivity contribution in [2.24, 2.45) is 5.92 Å². The second-order valence-electron chi connectivity index (χ2n) is 9.57. The van der Waals surface area contributed by atoms with Crippen LogP contribution < -0.4 is 4.90 Å². The summed E-state index contributed by atoms with van der Waals surface area (Å²) in [4.78, 5) is 44.4. The number of carbonyl (C=O) groups excluding carboxylic acids is 3. The lowest BCUT2D eigenvalue weighted by atomic mass is 9.51. The van der Waals surface area contributed by atoms with Crippen LogP contribution in [0.5, 0.6) is 0 Å². The molecule has 5 aliphatic rings. The number of fused-ring (bicyclic) bond motifs is 4. The summed E-state index contributed by atoms with van der Waals surface area (Å²) in [5, 5.41) is 11.1. The minimum Gasteiger partial charge on any atom is -0.469 e. The summed E-state index contributed by atoms with van der Waals surface area (Å²) < 4.78 is 15.9. The number of esters is 2. The zero-order chi connectivity index (χ0) is 23.6. The van der Waals surface area contributed by atoms with Crippen LogP contribution in [-0.2, 0) is 29.2 Å². The van der Waals surface area contributed by atoms with Crippen molar-refractivity contribution in [3.05, 3.63) is 29.8 Å². The van der Waals surface area contributed by atoms with Crippen LogP contribution in [-0.4, -0.2) is 79.6 Å². The normalized spacial score (nSPS) is 36.8. The number of carbonyl (C=O) groups is 3. The van der Waals surface area contributed by atoms with Gasteiger partial charge >= 0.3 is 18.0 Å². The lowest BCUT2D eigenvalue weighted by Crippen LogP contribution is -2.75. The summed E-state index contributed by atoms with van der Waals surface area (Å²) in [5.41, 5.74) is -1.95. The van der Waals surface area contributed by atoms with Gasteiger partial charge in [0.1, 0.15) is 5.41 Å². The van der Waals surface area contributed by atoms with E-state index in [2.05, 4.69) is 4.90 Å². The largest absolute Gasteiger partial charge is 0.469 e. The molecule has 4 fully saturated rings. The minimum atomic E-state index is -1.29. The average Bonchev–Trinajstić information content (AvgIpc) is 3.25. The predicted molar refractivity (Wildman–Crippen MR) is 117 cm³/mol. The van der Waals surface area contributed by atoms with E-state index >= 15 is 0 Å². The van der Waals surface area contributed by atoms with Crippen molar-refractivity contribution >= 4 is 23.7 Å². The predicted octanol–water partition coefficient (Wildman–Crippen LogP) is 1.60. The molecular formula is C24H30N2O7. The highest BCUT2D eigenvalue weighted by Gasteiger charge is 2.76. The molecule has 1 aliphatic carbocycles. The third kappa shape index (κ3) is 2.47. The Labute approximate surface area is 192 Å². The molecule has 0 aromatic heterocycles. The first kappa shape index (κ1) is 22.2. The van der Waals surface area contributed by atoms with Gasteiger partial charge in [0.15, 0.2) is 0 Å². The molecule has 9 heteroatoms. The lowest BCUT2D eigenvalue weighted by Gasteiger charge is -2.61. The number of ether oxygens (including phenoxy) is 3. The molecular weight excluding hydrogens is 428 g/mol. The Morgan fingerprint density at radius 3 is 2.45 bits per heavy atom. The maximum Gasteiger partial charge on any atom is 0.414 e. The Morgan fingerprint density at radius 1 is 1.00 bits per heavy atom. The quantitative estimate of drug-likeness (QED) is 0.526. The molecule has 0 radical (unpaired) electrons. The van der Waals surface area contributed by atoms with E-state index in [9.17, 15) is 19.5 Å². The molecule has 6 rings (SSSR count). The Kier molecular flexibility index (Phi) is 4.99. The molecule has 1 saturated carbocycles. The molecule has 3 saturated heterocycles. The topological polar surface area (TPSA) is 106 Å². The maximum atomic E-state index is 13.8. The molecule has 0 unspecified atom stereocenters. The van der Waals surface area contributed by atoms with Crippen LogP contribution in [0, 0.1) is 5.92 Å². The Morgan fingerprint density at radius 2 is 1.76 bits per heavy atom. The molecule has 4 heterocycles. The van der Waals surface area contributed by atoms with Crippen molar-refractivity contribution in [3.63, 3.8) is 0 Å². The average molecular weight is 459 g/mol. The zero-order valence-electron chi connectivity index (χ0n) is 19.2. The van der Waals surface area contributed by atoms with Gasteiger partial charge in [-0.15, -0.1) is 0 Å². The number of rotatable bonds is 2. The van der Waals surface area contributed by atoms with E-state index in [1.807, 2.05) is 12.1 Å². The van der Waals surface area contributed by atoms with Gasteiger partial charge in [-0.2, -0.15) is 0 Å². The molecule has 2 bridgehead atoms. The van der Waals surface area contributed by atoms with Crippen molar-refractivity contribution in [1.82, 2.24) is 4.90 Å². The summed E-state index contributed by atoms with van der Waals surface area (Å²) in [5.74, 6) is -1.85. The number of benzene rings is 1. The van der Waals surface area contributed by atoms with Gasteiger partial charge in [-0.05, 0) is 43.7 Å². The SMILES string of the molecule is COC(=O)[C@@H]1C[C@@]23CC[C@@]14N(C(=O)OC)c1ccccc1[C@@]4(C(=O)OC)CCN2CC[C@H]3O. The summed E-state index contributed by atoms with van der Waals surface area (Å²) in [7, 11) is 3.95. The fourth-order valence-corrected chi connectivity index (χ4v) is 7.55. The highest BCUT2D eigenvalue weighted by Crippen LogP contribution is 2.65. The Hall–Kier alpha value is -2.65. The van der Waals surface area contributed by atoms with Crippen molar-refractivity contribution < 1.29 is 33.7 Å². The Balaban J connectivity index is 1.85. The second-order valence-corrected chi connectivity index (χ2v) is 9.57. The van der Waals surface area contributed by atoms with Gasteiger partial charge in [-0.25, -0.2) is 4.79 Å². The van der Waals surface area contributed by atoms with Crippen LogP contribution in [0.15, 0.2) is 24.3 Å². The molecule has 1 amide bonds.